The molecule has 0 spiro atoms. The van der Waals surface area contributed by atoms with Crippen LogP contribution in [0, 0.1) is 19.8 Å². The Bertz CT molecular complexity index is 716. The Morgan fingerprint density at radius 1 is 1.38 bits per heavy atom. The number of carbonyl (C=O) groups excluding carboxylic acids is 1. The van der Waals surface area contributed by atoms with E-state index in [-0.39, 0.29) is 12.4 Å². The molecular weight excluding hydrogens is 322 g/mol. The monoisotopic (exact) mass is 349 g/mol. The van der Waals surface area contributed by atoms with Crippen molar-refractivity contribution < 1.29 is 9.90 Å². The molecule has 0 atom stereocenters. The fraction of sp³-hybridized carbons (Fsp3) is 0.556. The Hall–Kier alpha value is -1.53. The molecule has 0 aliphatic heterocycles. The molecule has 6 heteroatoms. The van der Waals surface area contributed by atoms with Gasteiger partial charge in [-0.2, -0.15) is 0 Å². The first-order valence-corrected chi connectivity index (χ1v) is 9.27. The molecule has 0 aliphatic carbocycles. The van der Waals surface area contributed by atoms with Gasteiger partial charge in [0.05, 0.1) is 24.3 Å². The van der Waals surface area contributed by atoms with Gasteiger partial charge in [0.1, 0.15) is 0 Å². The van der Waals surface area contributed by atoms with Gasteiger partial charge in [-0.3, -0.25) is 4.79 Å². The highest BCUT2D eigenvalue weighted by molar-refractivity contribution is 7.99. The summed E-state index contributed by atoms with van der Waals surface area (Å²) in [6.07, 6.45) is 2.75. The quantitative estimate of drug-likeness (QED) is 0.586. The van der Waals surface area contributed by atoms with Crippen LogP contribution in [0.15, 0.2) is 17.4 Å². The van der Waals surface area contributed by atoms with E-state index in [4.69, 9.17) is 0 Å². The minimum absolute atomic E-state index is 0.0466. The zero-order chi connectivity index (χ0) is 17.9. The highest BCUT2D eigenvalue weighted by Gasteiger charge is 2.17. The third kappa shape index (κ3) is 4.11. The van der Waals surface area contributed by atoms with Gasteiger partial charge in [0.25, 0.3) is 0 Å². The smallest absolute Gasteiger partial charge is 0.175 e. The van der Waals surface area contributed by atoms with E-state index >= 15 is 0 Å². The first-order chi connectivity index (χ1) is 11.3. The molecule has 0 amide bonds. The number of hydrogen-bond donors (Lipinski definition) is 1. The van der Waals surface area contributed by atoms with Gasteiger partial charge in [0.15, 0.2) is 10.9 Å². The summed E-state index contributed by atoms with van der Waals surface area (Å²) in [5.41, 5.74) is 3.74. The maximum atomic E-state index is 12.6. The zero-order valence-electron chi connectivity index (χ0n) is 15.2. The Morgan fingerprint density at radius 2 is 2.08 bits per heavy atom. The molecule has 0 bridgehead atoms. The number of hydrogen-bond acceptors (Lipinski definition) is 4. The number of imidazole rings is 1. The van der Waals surface area contributed by atoms with Crippen molar-refractivity contribution in [3.8, 4) is 0 Å². The molecule has 0 saturated carbocycles. The Balaban J connectivity index is 2.07. The average molecular weight is 350 g/mol. The standard InChI is InChI=1S/C18H27N3O2S/c1-12(2)6-7-21-13(3)8-16(14(21)4)17(23)11-24-18-19-9-15(10-22)20(18)5/h8-9,12,22H,6-7,10-11H2,1-5H3. The van der Waals surface area contributed by atoms with Crippen molar-refractivity contribution in [3.05, 3.63) is 34.9 Å². The van der Waals surface area contributed by atoms with E-state index in [9.17, 15) is 9.90 Å². The van der Waals surface area contributed by atoms with Gasteiger partial charge in [0.2, 0.25) is 0 Å². The average Bonchev–Trinajstić information content (AvgIpc) is 3.03. The number of rotatable bonds is 8. The second-order valence-electron chi connectivity index (χ2n) is 6.58. The Kier molecular flexibility index (Phi) is 6.29. The van der Waals surface area contributed by atoms with E-state index < -0.39 is 0 Å². The van der Waals surface area contributed by atoms with E-state index in [1.165, 1.54) is 11.8 Å². The van der Waals surface area contributed by atoms with Crippen LogP contribution in [-0.4, -0.2) is 30.8 Å². The summed E-state index contributed by atoms with van der Waals surface area (Å²) < 4.78 is 4.06. The van der Waals surface area contributed by atoms with Gasteiger partial charge in [-0.15, -0.1) is 0 Å². The normalized spacial score (nSPS) is 11.5. The van der Waals surface area contributed by atoms with E-state index in [0.717, 1.165) is 40.8 Å². The first-order valence-electron chi connectivity index (χ1n) is 8.29. The van der Waals surface area contributed by atoms with Gasteiger partial charge in [-0.1, -0.05) is 25.6 Å². The van der Waals surface area contributed by atoms with Crippen LogP contribution < -0.4 is 0 Å². The van der Waals surface area contributed by atoms with Crippen molar-refractivity contribution >= 4 is 17.5 Å². The summed E-state index contributed by atoms with van der Waals surface area (Å²) in [5, 5.41) is 9.96. The molecule has 0 aromatic carbocycles. The molecular formula is C18H27N3O2S. The molecule has 2 rings (SSSR count). The molecule has 0 unspecified atom stereocenters. The number of aryl methyl sites for hydroxylation is 1. The molecule has 2 aromatic rings. The maximum absolute atomic E-state index is 12.6. The number of ketones is 1. The lowest BCUT2D eigenvalue weighted by Crippen LogP contribution is -2.08. The van der Waals surface area contributed by atoms with Crippen LogP contribution in [-0.2, 0) is 20.2 Å². The van der Waals surface area contributed by atoms with Gasteiger partial charge in [-0.25, -0.2) is 4.98 Å². The fourth-order valence-electron chi connectivity index (χ4n) is 2.73. The van der Waals surface area contributed by atoms with Crippen LogP contribution in [0.1, 0.15) is 47.7 Å². The lowest BCUT2D eigenvalue weighted by atomic mass is 10.1. The van der Waals surface area contributed by atoms with Crippen molar-refractivity contribution in [2.75, 3.05) is 5.75 Å². The van der Waals surface area contributed by atoms with E-state index in [1.807, 2.05) is 24.6 Å². The second kappa shape index (κ2) is 8.03. The molecule has 0 fully saturated rings. The summed E-state index contributed by atoms with van der Waals surface area (Å²) in [5.74, 6) is 1.12. The summed E-state index contributed by atoms with van der Waals surface area (Å²) in [7, 11) is 1.85. The predicted octanol–water partition coefficient (Wildman–Crippen LogP) is 3.35. The van der Waals surface area contributed by atoms with Gasteiger partial charge in [-0.05, 0) is 32.3 Å². The highest BCUT2D eigenvalue weighted by Crippen LogP contribution is 2.22. The summed E-state index contributed by atoms with van der Waals surface area (Å²) in [4.78, 5) is 16.9. The van der Waals surface area contributed by atoms with Gasteiger partial charge >= 0.3 is 0 Å². The molecule has 2 heterocycles. The molecule has 0 aliphatic rings. The van der Waals surface area contributed by atoms with Crippen molar-refractivity contribution in [2.24, 2.45) is 13.0 Å². The topological polar surface area (TPSA) is 60.0 Å². The first kappa shape index (κ1) is 18.8. The number of aliphatic hydroxyl groups is 1. The van der Waals surface area contributed by atoms with Crippen LogP contribution in [0.2, 0.25) is 0 Å². The largest absolute Gasteiger partial charge is 0.390 e. The molecule has 24 heavy (non-hydrogen) atoms. The number of thioether (sulfide) groups is 1. The molecule has 0 saturated heterocycles. The number of nitrogens with zero attached hydrogens (tertiary/aromatic N) is 3. The second-order valence-corrected chi connectivity index (χ2v) is 7.52. The van der Waals surface area contributed by atoms with E-state index in [2.05, 4.69) is 30.3 Å². The van der Waals surface area contributed by atoms with Crippen molar-refractivity contribution in [1.82, 2.24) is 14.1 Å². The third-order valence-electron chi connectivity index (χ3n) is 4.34. The predicted molar refractivity (Wildman–Crippen MR) is 97.5 cm³/mol. The van der Waals surface area contributed by atoms with Crippen LogP contribution >= 0.6 is 11.8 Å². The number of carbonyl (C=O) groups is 1. The minimum Gasteiger partial charge on any atom is -0.390 e. The number of aliphatic hydroxyl groups excluding tert-OH is 1. The molecule has 132 valence electrons. The lowest BCUT2D eigenvalue weighted by Gasteiger charge is -2.11. The minimum atomic E-state index is -0.0466. The van der Waals surface area contributed by atoms with Crippen LogP contribution in [0.3, 0.4) is 0 Å². The van der Waals surface area contributed by atoms with Crippen molar-refractivity contribution in [1.29, 1.82) is 0 Å². The van der Waals surface area contributed by atoms with Crippen molar-refractivity contribution in [2.45, 2.75) is 52.4 Å². The molecule has 1 N–H and O–H groups in total. The summed E-state index contributed by atoms with van der Waals surface area (Å²) in [6.45, 7) is 9.41. The summed E-state index contributed by atoms with van der Waals surface area (Å²) >= 11 is 1.41. The lowest BCUT2D eigenvalue weighted by molar-refractivity contribution is 0.102. The van der Waals surface area contributed by atoms with Gasteiger partial charge < -0.3 is 14.2 Å². The Morgan fingerprint density at radius 3 is 2.67 bits per heavy atom. The van der Waals surface area contributed by atoms with E-state index in [0.29, 0.717) is 11.7 Å². The zero-order valence-corrected chi connectivity index (χ0v) is 16.0. The SMILES string of the molecule is Cc1cc(C(=O)CSc2ncc(CO)n2C)c(C)n1CCC(C)C. The number of aromatic nitrogens is 3. The maximum Gasteiger partial charge on any atom is 0.175 e. The molecule has 5 nitrogen and oxygen atoms in total. The summed E-state index contributed by atoms with van der Waals surface area (Å²) in [6, 6.07) is 2.00. The molecule has 2 aromatic heterocycles. The van der Waals surface area contributed by atoms with Crippen LogP contribution in [0.25, 0.3) is 0 Å². The third-order valence-corrected chi connectivity index (χ3v) is 5.38. The Labute approximate surface area is 148 Å². The molecule has 0 radical (unpaired) electrons. The van der Waals surface area contributed by atoms with Crippen molar-refractivity contribution in [3.63, 3.8) is 0 Å². The van der Waals surface area contributed by atoms with Gasteiger partial charge in [0, 0.05) is 30.5 Å². The number of Topliss-reactive ketones (excluding diaryl/α,β-unsaturated/α-hetero) is 1. The fourth-order valence-corrected chi connectivity index (χ4v) is 3.58. The van der Waals surface area contributed by atoms with Crippen LogP contribution in [0.5, 0.6) is 0 Å². The van der Waals surface area contributed by atoms with E-state index in [1.54, 1.807) is 6.20 Å². The highest BCUT2D eigenvalue weighted by atomic mass is 32.2. The van der Waals surface area contributed by atoms with Crippen LogP contribution in [0.4, 0.5) is 0 Å².